The topological polar surface area (TPSA) is 56.6 Å². The number of rotatable bonds is 2. The van der Waals surface area contributed by atoms with Gasteiger partial charge in [-0.1, -0.05) is 24.3 Å². The normalized spacial score (nSPS) is 15.0. The average molecular weight is 423 g/mol. The molecule has 1 aliphatic heterocycles. The zero-order valence-corrected chi connectivity index (χ0v) is 17.6. The highest BCUT2D eigenvalue weighted by molar-refractivity contribution is 5.76. The summed E-state index contributed by atoms with van der Waals surface area (Å²) in [5.41, 5.74) is 3.85. The van der Waals surface area contributed by atoms with E-state index in [1.165, 1.54) is 12.1 Å². The largest absolute Gasteiger partial charge is 0.491 e. The standard InChI is InChI=1S/C24H26FN3O3/c1-18-14-26-28(15-18)17-24(29)27-7-8-30-9-10-31-23-6-5-22(25)13-21(23)12-19-3-2-4-20(11-19)16-27/h2-6,11,13-15H,7-10,12,16-17H2,1H3. The molecule has 0 unspecified atom stereocenters. The van der Waals surface area contributed by atoms with E-state index >= 15 is 0 Å². The van der Waals surface area contributed by atoms with Crippen molar-refractivity contribution in [3.63, 3.8) is 0 Å². The highest BCUT2D eigenvalue weighted by Crippen LogP contribution is 2.24. The van der Waals surface area contributed by atoms with Crippen LogP contribution in [0.1, 0.15) is 22.3 Å². The van der Waals surface area contributed by atoms with Crippen molar-refractivity contribution in [1.82, 2.24) is 14.7 Å². The number of hydrogen-bond donors (Lipinski definition) is 0. The van der Waals surface area contributed by atoms with Crippen molar-refractivity contribution in [2.75, 3.05) is 26.4 Å². The maximum atomic E-state index is 13.8. The Kier molecular flexibility index (Phi) is 6.62. The number of benzene rings is 2. The Labute approximate surface area is 181 Å². The number of hydrogen-bond acceptors (Lipinski definition) is 4. The van der Waals surface area contributed by atoms with Gasteiger partial charge in [0.1, 0.15) is 24.7 Å². The summed E-state index contributed by atoms with van der Waals surface area (Å²) in [6.07, 6.45) is 4.14. The van der Waals surface area contributed by atoms with E-state index in [9.17, 15) is 9.18 Å². The van der Waals surface area contributed by atoms with Crippen LogP contribution in [0.25, 0.3) is 0 Å². The van der Waals surface area contributed by atoms with Gasteiger partial charge >= 0.3 is 0 Å². The molecule has 1 aliphatic rings. The first-order chi connectivity index (χ1) is 15.1. The summed E-state index contributed by atoms with van der Waals surface area (Å²) in [5, 5.41) is 4.22. The number of ether oxygens (including phenoxy) is 2. The number of halogens is 1. The Hall–Kier alpha value is -3.19. The molecule has 6 nitrogen and oxygen atoms in total. The fraction of sp³-hybridized carbons (Fsp3) is 0.333. The number of aryl methyl sites for hydroxylation is 1. The number of nitrogens with zero attached hydrogens (tertiary/aromatic N) is 3. The molecule has 1 aromatic heterocycles. The molecular weight excluding hydrogens is 397 g/mol. The predicted octanol–water partition coefficient (Wildman–Crippen LogP) is 3.36. The van der Waals surface area contributed by atoms with Crippen molar-refractivity contribution in [3.8, 4) is 5.75 Å². The Bertz CT molecular complexity index is 1050. The van der Waals surface area contributed by atoms with E-state index in [0.717, 1.165) is 22.3 Å². The lowest BCUT2D eigenvalue weighted by atomic mass is 10.0. The fourth-order valence-corrected chi connectivity index (χ4v) is 3.68. The first kappa shape index (κ1) is 21.1. The maximum absolute atomic E-state index is 13.8. The van der Waals surface area contributed by atoms with Crippen LogP contribution in [-0.2, 0) is 29.0 Å². The molecule has 0 atom stereocenters. The van der Waals surface area contributed by atoms with Gasteiger partial charge in [0.25, 0.3) is 0 Å². The van der Waals surface area contributed by atoms with Crippen LogP contribution in [0.4, 0.5) is 4.39 Å². The number of carbonyl (C=O) groups excluding carboxylic acids is 1. The van der Waals surface area contributed by atoms with Crippen molar-refractivity contribution < 1.29 is 18.7 Å². The average Bonchev–Trinajstić information content (AvgIpc) is 3.15. The molecule has 0 radical (unpaired) electrons. The van der Waals surface area contributed by atoms with Crippen molar-refractivity contribution in [3.05, 3.63) is 82.9 Å². The molecule has 4 rings (SSSR count). The summed E-state index contributed by atoms with van der Waals surface area (Å²) in [6.45, 7) is 4.24. The molecule has 0 saturated carbocycles. The molecule has 1 amide bonds. The van der Waals surface area contributed by atoms with E-state index in [1.54, 1.807) is 21.8 Å². The van der Waals surface area contributed by atoms with Gasteiger partial charge in [-0.05, 0) is 41.8 Å². The van der Waals surface area contributed by atoms with Crippen molar-refractivity contribution >= 4 is 5.91 Å². The second-order valence-electron chi connectivity index (χ2n) is 7.74. The van der Waals surface area contributed by atoms with Crippen LogP contribution in [0.3, 0.4) is 0 Å². The second kappa shape index (κ2) is 9.75. The molecule has 31 heavy (non-hydrogen) atoms. The van der Waals surface area contributed by atoms with E-state index in [4.69, 9.17) is 9.47 Å². The van der Waals surface area contributed by atoms with E-state index in [0.29, 0.717) is 45.1 Å². The smallest absolute Gasteiger partial charge is 0.244 e. The number of fused-ring (bicyclic) bond motifs is 3. The van der Waals surface area contributed by atoms with E-state index < -0.39 is 0 Å². The zero-order chi connectivity index (χ0) is 21.6. The van der Waals surface area contributed by atoms with Crippen LogP contribution in [0.15, 0.2) is 54.9 Å². The van der Waals surface area contributed by atoms with Crippen LogP contribution < -0.4 is 4.74 Å². The Morgan fingerprint density at radius 1 is 1.13 bits per heavy atom. The Balaban J connectivity index is 1.56. The lowest BCUT2D eigenvalue weighted by molar-refractivity contribution is -0.133. The summed E-state index contributed by atoms with van der Waals surface area (Å²) in [6, 6.07) is 12.6. The maximum Gasteiger partial charge on any atom is 0.244 e. The summed E-state index contributed by atoms with van der Waals surface area (Å²) in [7, 11) is 0. The monoisotopic (exact) mass is 423 g/mol. The number of aromatic nitrogens is 2. The Morgan fingerprint density at radius 2 is 2.00 bits per heavy atom. The minimum Gasteiger partial charge on any atom is -0.491 e. The number of carbonyl (C=O) groups is 1. The molecule has 7 heteroatoms. The minimum atomic E-state index is -0.290. The van der Waals surface area contributed by atoms with E-state index in [2.05, 4.69) is 11.2 Å². The van der Waals surface area contributed by atoms with Crippen LogP contribution >= 0.6 is 0 Å². The summed E-state index contributed by atoms with van der Waals surface area (Å²) in [4.78, 5) is 14.7. The van der Waals surface area contributed by atoms with Gasteiger partial charge in [-0.25, -0.2) is 4.39 Å². The quantitative estimate of drug-likeness (QED) is 0.634. The van der Waals surface area contributed by atoms with Gasteiger partial charge in [-0.15, -0.1) is 0 Å². The third-order valence-electron chi connectivity index (χ3n) is 5.19. The zero-order valence-electron chi connectivity index (χ0n) is 17.6. The van der Waals surface area contributed by atoms with Crippen LogP contribution in [-0.4, -0.2) is 47.0 Å². The first-order valence-electron chi connectivity index (χ1n) is 10.4. The second-order valence-corrected chi connectivity index (χ2v) is 7.74. The van der Waals surface area contributed by atoms with Crippen LogP contribution in [0.5, 0.6) is 5.75 Å². The molecule has 0 N–H and O–H groups in total. The van der Waals surface area contributed by atoms with Crippen molar-refractivity contribution in [2.24, 2.45) is 0 Å². The van der Waals surface area contributed by atoms with E-state index in [1.807, 2.05) is 31.3 Å². The van der Waals surface area contributed by atoms with Crippen molar-refractivity contribution in [1.29, 1.82) is 0 Å². The summed E-state index contributed by atoms with van der Waals surface area (Å²) in [5.74, 6) is 0.355. The van der Waals surface area contributed by atoms with Gasteiger partial charge in [-0.2, -0.15) is 5.10 Å². The lowest BCUT2D eigenvalue weighted by Gasteiger charge is -2.24. The summed E-state index contributed by atoms with van der Waals surface area (Å²) >= 11 is 0. The predicted molar refractivity (Wildman–Crippen MR) is 114 cm³/mol. The van der Waals surface area contributed by atoms with Gasteiger partial charge in [-0.3, -0.25) is 9.48 Å². The Morgan fingerprint density at radius 3 is 2.84 bits per heavy atom. The molecule has 2 aromatic carbocycles. The minimum absolute atomic E-state index is 0.0205. The van der Waals surface area contributed by atoms with Gasteiger partial charge < -0.3 is 14.4 Å². The molecule has 2 bridgehead atoms. The van der Waals surface area contributed by atoms with Crippen molar-refractivity contribution in [2.45, 2.75) is 26.4 Å². The molecule has 2 heterocycles. The summed E-state index contributed by atoms with van der Waals surface area (Å²) < 4.78 is 27.0. The van der Waals surface area contributed by atoms with Gasteiger partial charge in [0, 0.05) is 31.3 Å². The highest BCUT2D eigenvalue weighted by Gasteiger charge is 2.16. The molecule has 3 aromatic rings. The van der Waals surface area contributed by atoms with Gasteiger partial charge in [0.05, 0.1) is 19.4 Å². The van der Waals surface area contributed by atoms with E-state index in [-0.39, 0.29) is 18.3 Å². The van der Waals surface area contributed by atoms with Crippen LogP contribution in [0.2, 0.25) is 0 Å². The third kappa shape index (κ3) is 5.70. The SMILES string of the molecule is Cc1cnn(CC(=O)N2CCOCCOc3ccc(F)cc3Cc3cccc(c3)C2)c1. The lowest BCUT2D eigenvalue weighted by Crippen LogP contribution is -2.36. The number of amides is 1. The fourth-order valence-electron chi connectivity index (χ4n) is 3.68. The highest BCUT2D eigenvalue weighted by atomic mass is 19.1. The van der Waals surface area contributed by atoms with Crippen LogP contribution in [0, 0.1) is 12.7 Å². The molecule has 162 valence electrons. The molecule has 0 spiro atoms. The molecule has 0 saturated heterocycles. The molecule has 0 fully saturated rings. The molecular formula is C24H26FN3O3. The molecule has 0 aliphatic carbocycles. The first-order valence-corrected chi connectivity index (χ1v) is 10.4. The van der Waals surface area contributed by atoms with Gasteiger partial charge in [0.2, 0.25) is 5.91 Å². The third-order valence-corrected chi connectivity index (χ3v) is 5.19. The van der Waals surface area contributed by atoms with Gasteiger partial charge in [0.15, 0.2) is 0 Å².